The zero-order chi connectivity index (χ0) is 13.8. The van der Waals surface area contributed by atoms with Gasteiger partial charge in [-0.25, -0.2) is 0 Å². The third-order valence-corrected chi connectivity index (χ3v) is 3.94. The number of aryl methyl sites for hydroxylation is 1. The average molecular weight is 264 g/mol. The molecule has 0 aliphatic carbocycles. The first kappa shape index (κ1) is 14.1. The molecule has 1 aromatic rings. The highest BCUT2D eigenvalue weighted by molar-refractivity contribution is 5.95. The van der Waals surface area contributed by atoms with E-state index in [-0.39, 0.29) is 5.91 Å². The van der Waals surface area contributed by atoms with Crippen LogP contribution in [0.2, 0.25) is 0 Å². The SMILES string of the molecule is CCCNC1CCN(C(=O)c2ccoc2C)CC1C. The molecular formula is C15H24N2O2. The first-order valence-electron chi connectivity index (χ1n) is 7.20. The summed E-state index contributed by atoms with van der Waals surface area (Å²) in [5.41, 5.74) is 0.701. The van der Waals surface area contributed by atoms with E-state index in [1.807, 2.05) is 11.8 Å². The van der Waals surface area contributed by atoms with Gasteiger partial charge in [-0.05, 0) is 38.3 Å². The molecule has 1 fully saturated rings. The third-order valence-electron chi connectivity index (χ3n) is 3.94. The highest BCUT2D eigenvalue weighted by atomic mass is 16.3. The standard InChI is InChI=1S/C15H24N2O2/c1-4-7-16-14-5-8-17(10-11(14)2)15(18)13-6-9-19-12(13)3/h6,9,11,14,16H,4-5,7-8,10H2,1-3H3. The minimum absolute atomic E-state index is 0.104. The van der Waals surface area contributed by atoms with Crippen LogP contribution in [0.15, 0.2) is 16.7 Å². The molecule has 0 spiro atoms. The molecule has 2 atom stereocenters. The summed E-state index contributed by atoms with van der Waals surface area (Å²) in [5, 5.41) is 3.57. The van der Waals surface area contributed by atoms with E-state index in [1.165, 1.54) is 0 Å². The van der Waals surface area contributed by atoms with Crippen molar-refractivity contribution in [2.75, 3.05) is 19.6 Å². The summed E-state index contributed by atoms with van der Waals surface area (Å²) in [6.07, 6.45) is 3.77. The van der Waals surface area contributed by atoms with Crippen molar-refractivity contribution in [2.45, 2.75) is 39.7 Å². The van der Waals surface area contributed by atoms with E-state index in [4.69, 9.17) is 4.42 Å². The molecule has 1 amide bonds. The molecule has 0 radical (unpaired) electrons. The summed E-state index contributed by atoms with van der Waals surface area (Å²) in [4.78, 5) is 14.3. The van der Waals surface area contributed by atoms with Crippen molar-refractivity contribution in [3.63, 3.8) is 0 Å². The Bertz CT molecular complexity index is 428. The van der Waals surface area contributed by atoms with Crippen molar-refractivity contribution in [2.24, 2.45) is 5.92 Å². The Morgan fingerprint density at radius 2 is 2.37 bits per heavy atom. The van der Waals surface area contributed by atoms with Crippen molar-refractivity contribution < 1.29 is 9.21 Å². The second kappa shape index (κ2) is 6.24. The number of nitrogens with zero attached hydrogens (tertiary/aromatic N) is 1. The number of furan rings is 1. The van der Waals surface area contributed by atoms with E-state index in [0.717, 1.165) is 32.5 Å². The predicted molar refractivity (Wildman–Crippen MR) is 75.2 cm³/mol. The fourth-order valence-corrected chi connectivity index (χ4v) is 2.74. The van der Waals surface area contributed by atoms with Gasteiger partial charge in [0.15, 0.2) is 0 Å². The number of carbonyl (C=O) groups excluding carboxylic acids is 1. The molecule has 1 N–H and O–H groups in total. The molecule has 2 heterocycles. The Kier molecular flexibility index (Phi) is 4.64. The maximum Gasteiger partial charge on any atom is 0.257 e. The molecule has 1 aromatic heterocycles. The van der Waals surface area contributed by atoms with Crippen molar-refractivity contribution in [1.29, 1.82) is 0 Å². The highest BCUT2D eigenvalue weighted by Crippen LogP contribution is 2.20. The van der Waals surface area contributed by atoms with Crippen molar-refractivity contribution >= 4 is 5.91 Å². The average Bonchev–Trinajstić information content (AvgIpc) is 2.82. The molecule has 2 unspecified atom stereocenters. The number of rotatable bonds is 4. The van der Waals surface area contributed by atoms with Gasteiger partial charge in [-0.15, -0.1) is 0 Å². The van der Waals surface area contributed by atoms with E-state index in [1.54, 1.807) is 12.3 Å². The fraction of sp³-hybridized carbons (Fsp3) is 0.667. The molecule has 1 aliphatic heterocycles. The van der Waals surface area contributed by atoms with E-state index in [9.17, 15) is 4.79 Å². The number of piperidine rings is 1. The van der Waals surface area contributed by atoms with Crippen molar-refractivity contribution in [1.82, 2.24) is 10.2 Å². The van der Waals surface area contributed by atoms with Crippen molar-refractivity contribution in [3.05, 3.63) is 23.7 Å². The third kappa shape index (κ3) is 3.18. The van der Waals surface area contributed by atoms with E-state index >= 15 is 0 Å². The van der Waals surface area contributed by atoms with Gasteiger partial charge in [-0.1, -0.05) is 13.8 Å². The van der Waals surface area contributed by atoms with Crippen LogP contribution in [0.1, 0.15) is 42.8 Å². The second-order valence-electron chi connectivity index (χ2n) is 5.47. The van der Waals surface area contributed by atoms with Crippen LogP contribution in [-0.2, 0) is 0 Å². The van der Waals surface area contributed by atoms with Gasteiger partial charge in [-0.2, -0.15) is 0 Å². The monoisotopic (exact) mass is 264 g/mol. The number of nitrogens with one attached hydrogen (secondary N) is 1. The zero-order valence-corrected chi connectivity index (χ0v) is 12.1. The molecule has 1 saturated heterocycles. The molecule has 0 saturated carbocycles. The number of carbonyl (C=O) groups is 1. The van der Waals surface area contributed by atoms with Crippen LogP contribution in [-0.4, -0.2) is 36.5 Å². The summed E-state index contributed by atoms with van der Waals surface area (Å²) in [6.45, 7) is 8.95. The number of likely N-dealkylation sites (tertiary alicyclic amines) is 1. The molecule has 4 nitrogen and oxygen atoms in total. The highest BCUT2D eigenvalue weighted by Gasteiger charge is 2.29. The quantitative estimate of drug-likeness (QED) is 0.908. The summed E-state index contributed by atoms with van der Waals surface area (Å²) in [5.74, 6) is 1.31. The second-order valence-corrected chi connectivity index (χ2v) is 5.47. The summed E-state index contributed by atoms with van der Waals surface area (Å²) < 4.78 is 5.22. The molecule has 106 valence electrons. The van der Waals surface area contributed by atoms with Gasteiger partial charge in [-0.3, -0.25) is 4.79 Å². The first-order valence-corrected chi connectivity index (χ1v) is 7.20. The van der Waals surface area contributed by atoms with Crippen LogP contribution in [0.4, 0.5) is 0 Å². The van der Waals surface area contributed by atoms with E-state index in [2.05, 4.69) is 19.2 Å². The van der Waals surface area contributed by atoms with Crippen LogP contribution >= 0.6 is 0 Å². The maximum atomic E-state index is 12.4. The van der Waals surface area contributed by atoms with Gasteiger partial charge in [0.05, 0.1) is 11.8 Å². The minimum Gasteiger partial charge on any atom is -0.469 e. The minimum atomic E-state index is 0.104. The van der Waals surface area contributed by atoms with Gasteiger partial charge in [0, 0.05) is 19.1 Å². The molecule has 0 bridgehead atoms. The first-order chi connectivity index (χ1) is 9.13. The molecule has 19 heavy (non-hydrogen) atoms. The maximum absolute atomic E-state index is 12.4. The molecule has 0 aromatic carbocycles. The normalized spacial score (nSPS) is 23.6. The van der Waals surface area contributed by atoms with E-state index < -0.39 is 0 Å². The zero-order valence-electron chi connectivity index (χ0n) is 12.1. The van der Waals surface area contributed by atoms with Gasteiger partial charge >= 0.3 is 0 Å². The Balaban J connectivity index is 1.95. The topological polar surface area (TPSA) is 45.5 Å². The predicted octanol–water partition coefficient (Wildman–Crippen LogP) is 2.44. The van der Waals surface area contributed by atoms with Crippen molar-refractivity contribution in [3.8, 4) is 0 Å². The van der Waals surface area contributed by atoms with Gasteiger partial charge in [0.25, 0.3) is 5.91 Å². The van der Waals surface area contributed by atoms with Crippen LogP contribution in [0.25, 0.3) is 0 Å². The Labute approximate surface area is 115 Å². The smallest absolute Gasteiger partial charge is 0.257 e. The van der Waals surface area contributed by atoms with Crippen LogP contribution in [0.5, 0.6) is 0 Å². The largest absolute Gasteiger partial charge is 0.469 e. The molecule has 2 rings (SSSR count). The van der Waals surface area contributed by atoms with Crippen LogP contribution in [0, 0.1) is 12.8 Å². The lowest BCUT2D eigenvalue weighted by Gasteiger charge is -2.37. The molecular weight excluding hydrogens is 240 g/mol. The lowest BCUT2D eigenvalue weighted by Crippen LogP contribution is -2.50. The summed E-state index contributed by atoms with van der Waals surface area (Å²) in [6, 6.07) is 2.30. The lowest BCUT2D eigenvalue weighted by atomic mass is 9.93. The Morgan fingerprint density at radius 3 is 2.95 bits per heavy atom. The van der Waals surface area contributed by atoms with Crippen LogP contribution < -0.4 is 5.32 Å². The lowest BCUT2D eigenvalue weighted by molar-refractivity contribution is 0.0643. The van der Waals surface area contributed by atoms with E-state index in [0.29, 0.717) is 23.3 Å². The summed E-state index contributed by atoms with van der Waals surface area (Å²) >= 11 is 0. The Morgan fingerprint density at radius 1 is 1.58 bits per heavy atom. The summed E-state index contributed by atoms with van der Waals surface area (Å²) in [7, 11) is 0. The fourth-order valence-electron chi connectivity index (χ4n) is 2.74. The number of hydrogen-bond acceptors (Lipinski definition) is 3. The number of amides is 1. The van der Waals surface area contributed by atoms with Gasteiger partial charge in [0.2, 0.25) is 0 Å². The molecule has 1 aliphatic rings. The van der Waals surface area contributed by atoms with Crippen LogP contribution in [0.3, 0.4) is 0 Å². The van der Waals surface area contributed by atoms with Gasteiger partial charge < -0.3 is 14.6 Å². The van der Waals surface area contributed by atoms with Gasteiger partial charge in [0.1, 0.15) is 5.76 Å². The number of hydrogen-bond donors (Lipinski definition) is 1. The molecule has 4 heteroatoms. The Hall–Kier alpha value is -1.29.